The van der Waals surface area contributed by atoms with Crippen molar-refractivity contribution in [1.29, 1.82) is 0 Å². The van der Waals surface area contributed by atoms with Crippen LogP contribution in [-0.4, -0.2) is 54.3 Å². The second-order valence-electron chi connectivity index (χ2n) is 7.03. The van der Waals surface area contributed by atoms with E-state index in [-0.39, 0.29) is 18.4 Å². The number of rotatable bonds is 5. The van der Waals surface area contributed by atoms with Crippen molar-refractivity contribution in [3.63, 3.8) is 0 Å². The molecule has 0 radical (unpaired) electrons. The van der Waals surface area contributed by atoms with Gasteiger partial charge in [0.25, 0.3) is 0 Å². The van der Waals surface area contributed by atoms with Crippen molar-refractivity contribution in [3.8, 4) is 0 Å². The molecule has 0 atom stereocenters. The Kier molecular flexibility index (Phi) is 6.24. The summed E-state index contributed by atoms with van der Waals surface area (Å²) in [6, 6.07) is 18.1. The first-order valence-electron chi connectivity index (χ1n) is 9.42. The molecular weight excluding hydrogens is 338 g/mol. The quantitative estimate of drug-likeness (QED) is 0.818. The van der Waals surface area contributed by atoms with Gasteiger partial charge in [-0.25, -0.2) is 0 Å². The molecule has 1 aliphatic rings. The molecule has 0 spiro atoms. The molecule has 0 aliphatic carbocycles. The van der Waals surface area contributed by atoms with Gasteiger partial charge in [-0.05, 0) is 24.1 Å². The minimum absolute atomic E-state index is 0.00724. The van der Waals surface area contributed by atoms with Gasteiger partial charge in [0.2, 0.25) is 11.8 Å². The molecule has 0 saturated carbocycles. The summed E-state index contributed by atoms with van der Waals surface area (Å²) in [6.45, 7) is 7.58. The average molecular weight is 365 g/mol. The van der Waals surface area contributed by atoms with Crippen LogP contribution in [0.2, 0.25) is 0 Å². The molecular formula is C22H27N3O2. The Morgan fingerprint density at radius 1 is 0.926 bits per heavy atom. The van der Waals surface area contributed by atoms with Crippen LogP contribution in [0.3, 0.4) is 0 Å². The second kappa shape index (κ2) is 8.82. The maximum atomic E-state index is 12.8. The number of carbonyl (C=O) groups excluding carboxylic acids is 2. The molecule has 1 fully saturated rings. The highest BCUT2D eigenvalue weighted by molar-refractivity contribution is 5.98. The molecule has 0 bridgehead atoms. The van der Waals surface area contributed by atoms with Gasteiger partial charge >= 0.3 is 0 Å². The van der Waals surface area contributed by atoms with E-state index < -0.39 is 0 Å². The maximum Gasteiger partial charge on any atom is 0.242 e. The highest BCUT2D eigenvalue weighted by atomic mass is 16.2. The Balaban J connectivity index is 1.57. The molecule has 1 saturated heterocycles. The smallest absolute Gasteiger partial charge is 0.242 e. The van der Waals surface area contributed by atoms with E-state index in [1.807, 2.05) is 42.2 Å². The van der Waals surface area contributed by atoms with Crippen LogP contribution in [0, 0.1) is 6.92 Å². The molecule has 3 rings (SSSR count). The zero-order chi connectivity index (χ0) is 19.2. The molecule has 27 heavy (non-hydrogen) atoms. The van der Waals surface area contributed by atoms with E-state index >= 15 is 0 Å². The first-order valence-corrected chi connectivity index (χ1v) is 9.42. The Morgan fingerprint density at radius 3 is 2.19 bits per heavy atom. The number of para-hydroxylation sites is 1. The van der Waals surface area contributed by atoms with Crippen LogP contribution in [0.5, 0.6) is 0 Å². The minimum Gasteiger partial charge on any atom is -0.339 e. The van der Waals surface area contributed by atoms with E-state index in [4.69, 9.17) is 0 Å². The van der Waals surface area contributed by atoms with Crippen molar-refractivity contribution in [1.82, 2.24) is 9.80 Å². The largest absolute Gasteiger partial charge is 0.339 e. The Morgan fingerprint density at radius 2 is 1.56 bits per heavy atom. The Hall–Kier alpha value is -2.66. The highest BCUT2D eigenvalue weighted by Crippen LogP contribution is 2.20. The first kappa shape index (κ1) is 19.1. The van der Waals surface area contributed by atoms with Gasteiger partial charge in [0, 0.05) is 45.3 Å². The molecule has 0 unspecified atom stereocenters. The molecule has 1 aliphatic heterocycles. The standard InChI is InChI=1S/C22H27N3O2/c1-18-8-6-7-11-21(18)25(19(2)26)17-22(27)24-14-12-23(13-15-24)16-20-9-4-3-5-10-20/h3-11H,12-17H2,1-2H3. The van der Waals surface area contributed by atoms with Crippen molar-refractivity contribution < 1.29 is 9.59 Å². The van der Waals surface area contributed by atoms with E-state index in [0.29, 0.717) is 13.1 Å². The topological polar surface area (TPSA) is 43.9 Å². The number of nitrogens with zero attached hydrogens (tertiary/aromatic N) is 3. The summed E-state index contributed by atoms with van der Waals surface area (Å²) < 4.78 is 0. The summed E-state index contributed by atoms with van der Waals surface area (Å²) in [5.74, 6) is -0.104. The third-order valence-corrected chi connectivity index (χ3v) is 5.05. The number of anilines is 1. The third-order valence-electron chi connectivity index (χ3n) is 5.05. The summed E-state index contributed by atoms with van der Waals surface area (Å²) in [5.41, 5.74) is 3.09. The van der Waals surface area contributed by atoms with Gasteiger partial charge in [0.05, 0.1) is 0 Å². The molecule has 2 aromatic rings. The third kappa shape index (κ3) is 4.95. The fourth-order valence-electron chi connectivity index (χ4n) is 3.46. The van der Waals surface area contributed by atoms with Crippen LogP contribution in [0.1, 0.15) is 18.1 Å². The van der Waals surface area contributed by atoms with Gasteiger partial charge in [-0.2, -0.15) is 0 Å². The number of benzene rings is 2. The lowest BCUT2D eigenvalue weighted by molar-refractivity contribution is -0.132. The SMILES string of the molecule is CC(=O)N(CC(=O)N1CCN(Cc2ccccc2)CC1)c1ccccc1C. The molecule has 142 valence electrons. The maximum absolute atomic E-state index is 12.8. The lowest BCUT2D eigenvalue weighted by atomic mass is 10.1. The average Bonchev–Trinajstić information content (AvgIpc) is 2.68. The van der Waals surface area contributed by atoms with Crippen molar-refractivity contribution in [2.24, 2.45) is 0 Å². The van der Waals surface area contributed by atoms with Gasteiger partial charge in [-0.15, -0.1) is 0 Å². The van der Waals surface area contributed by atoms with E-state index in [2.05, 4.69) is 29.2 Å². The van der Waals surface area contributed by atoms with Crippen molar-refractivity contribution in [3.05, 3.63) is 65.7 Å². The van der Waals surface area contributed by atoms with Crippen LogP contribution in [0.4, 0.5) is 5.69 Å². The van der Waals surface area contributed by atoms with E-state index in [0.717, 1.165) is 30.9 Å². The van der Waals surface area contributed by atoms with Gasteiger partial charge in [0.1, 0.15) is 6.54 Å². The molecule has 1 heterocycles. The number of amides is 2. The van der Waals surface area contributed by atoms with Crippen LogP contribution in [0.25, 0.3) is 0 Å². The fraction of sp³-hybridized carbons (Fsp3) is 0.364. The Bertz CT molecular complexity index is 783. The second-order valence-corrected chi connectivity index (χ2v) is 7.03. The zero-order valence-corrected chi connectivity index (χ0v) is 16.1. The van der Waals surface area contributed by atoms with Crippen molar-refractivity contribution in [2.75, 3.05) is 37.6 Å². The normalized spacial score (nSPS) is 14.8. The van der Waals surface area contributed by atoms with E-state index in [1.165, 1.54) is 12.5 Å². The summed E-state index contributed by atoms with van der Waals surface area (Å²) in [7, 11) is 0. The van der Waals surface area contributed by atoms with Crippen LogP contribution < -0.4 is 4.90 Å². The first-order chi connectivity index (χ1) is 13.0. The predicted octanol–water partition coefficient (Wildman–Crippen LogP) is 2.69. The fourth-order valence-corrected chi connectivity index (χ4v) is 3.46. The van der Waals surface area contributed by atoms with E-state index in [9.17, 15) is 9.59 Å². The Labute approximate surface area is 161 Å². The van der Waals surface area contributed by atoms with Crippen molar-refractivity contribution >= 4 is 17.5 Å². The molecule has 0 aromatic heterocycles. The van der Waals surface area contributed by atoms with Crippen LogP contribution >= 0.6 is 0 Å². The zero-order valence-electron chi connectivity index (χ0n) is 16.1. The number of hydrogen-bond donors (Lipinski definition) is 0. The number of aryl methyl sites for hydroxylation is 1. The van der Waals surface area contributed by atoms with Gasteiger partial charge in [-0.1, -0.05) is 48.5 Å². The van der Waals surface area contributed by atoms with Crippen LogP contribution in [-0.2, 0) is 16.1 Å². The molecule has 5 heteroatoms. The molecule has 2 aromatic carbocycles. The number of hydrogen-bond acceptors (Lipinski definition) is 3. The lowest BCUT2D eigenvalue weighted by Gasteiger charge is -2.36. The number of carbonyl (C=O) groups is 2. The van der Waals surface area contributed by atoms with Gasteiger partial charge < -0.3 is 9.80 Å². The number of piperazine rings is 1. The summed E-state index contributed by atoms with van der Waals surface area (Å²) in [6.07, 6.45) is 0. The summed E-state index contributed by atoms with van der Waals surface area (Å²) >= 11 is 0. The van der Waals surface area contributed by atoms with Crippen molar-refractivity contribution in [2.45, 2.75) is 20.4 Å². The minimum atomic E-state index is -0.111. The van der Waals surface area contributed by atoms with E-state index in [1.54, 1.807) is 4.90 Å². The van der Waals surface area contributed by atoms with Gasteiger partial charge in [-0.3, -0.25) is 14.5 Å². The monoisotopic (exact) mass is 365 g/mol. The molecule has 0 N–H and O–H groups in total. The summed E-state index contributed by atoms with van der Waals surface area (Å²) in [4.78, 5) is 30.7. The predicted molar refractivity (Wildman–Crippen MR) is 108 cm³/mol. The summed E-state index contributed by atoms with van der Waals surface area (Å²) in [5, 5.41) is 0. The molecule has 5 nitrogen and oxygen atoms in total. The van der Waals surface area contributed by atoms with Crippen LogP contribution in [0.15, 0.2) is 54.6 Å². The van der Waals surface area contributed by atoms with Gasteiger partial charge in [0.15, 0.2) is 0 Å². The molecule has 2 amide bonds. The lowest BCUT2D eigenvalue weighted by Crippen LogP contribution is -2.51. The highest BCUT2D eigenvalue weighted by Gasteiger charge is 2.24.